The lowest BCUT2D eigenvalue weighted by molar-refractivity contribution is -0.117. The Kier molecular flexibility index (Phi) is 3.97. The lowest BCUT2D eigenvalue weighted by Crippen LogP contribution is -2.20. The minimum absolute atomic E-state index is 0.0770. The molecular formula is C18H20N4O2. The van der Waals surface area contributed by atoms with E-state index >= 15 is 0 Å². The van der Waals surface area contributed by atoms with Crippen LogP contribution in [-0.2, 0) is 11.8 Å². The molecule has 1 aromatic carbocycles. The molecule has 0 aliphatic heterocycles. The van der Waals surface area contributed by atoms with Crippen molar-refractivity contribution >= 4 is 22.5 Å². The van der Waals surface area contributed by atoms with Crippen LogP contribution in [0.1, 0.15) is 29.8 Å². The summed E-state index contributed by atoms with van der Waals surface area (Å²) in [5.74, 6) is -0.454. The third kappa shape index (κ3) is 2.71. The number of aromatic nitrogens is 3. The predicted octanol–water partition coefficient (Wildman–Crippen LogP) is 2.62. The van der Waals surface area contributed by atoms with Gasteiger partial charge in [-0.2, -0.15) is 5.10 Å². The van der Waals surface area contributed by atoms with E-state index in [2.05, 4.69) is 15.4 Å². The summed E-state index contributed by atoms with van der Waals surface area (Å²) >= 11 is 0. The maximum atomic E-state index is 12.6. The Morgan fingerprint density at radius 1 is 1.29 bits per heavy atom. The number of nitrogens with one attached hydrogen (secondary N) is 2. The molecule has 0 fully saturated rings. The first-order valence-electron chi connectivity index (χ1n) is 7.81. The number of hydrogen-bond acceptors (Lipinski definition) is 3. The standard InChI is InChI=1S/C18H20N4O2/c1-10(17-11(2)21-22(4)12(17)3)18(24)20-13-5-6-15-14(9-13)16(23)7-8-19-15/h5-10H,1-4H3,(H,19,23)(H,20,24). The van der Waals surface area contributed by atoms with Crippen molar-refractivity contribution in [3.63, 3.8) is 0 Å². The topological polar surface area (TPSA) is 79.8 Å². The summed E-state index contributed by atoms with van der Waals surface area (Å²) in [6.07, 6.45) is 1.61. The normalized spacial score (nSPS) is 12.3. The van der Waals surface area contributed by atoms with Gasteiger partial charge in [-0.1, -0.05) is 0 Å². The minimum atomic E-state index is -0.330. The van der Waals surface area contributed by atoms with Crippen molar-refractivity contribution in [3.8, 4) is 0 Å². The fourth-order valence-corrected chi connectivity index (χ4v) is 3.05. The van der Waals surface area contributed by atoms with Crippen LogP contribution < -0.4 is 10.7 Å². The monoisotopic (exact) mass is 324 g/mol. The van der Waals surface area contributed by atoms with E-state index in [1.54, 1.807) is 29.1 Å². The number of fused-ring (bicyclic) bond motifs is 1. The number of pyridine rings is 1. The lowest BCUT2D eigenvalue weighted by atomic mass is 9.98. The van der Waals surface area contributed by atoms with Gasteiger partial charge >= 0.3 is 0 Å². The summed E-state index contributed by atoms with van der Waals surface area (Å²) in [5, 5.41) is 7.81. The molecule has 0 spiro atoms. The van der Waals surface area contributed by atoms with Crippen LogP contribution in [0.3, 0.4) is 0 Å². The maximum Gasteiger partial charge on any atom is 0.231 e. The van der Waals surface area contributed by atoms with Crippen LogP contribution in [0.5, 0.6) is 0 Å². The van der Waals surface area contributed by atoms with Crippen LogP contribution >= 0.6 is 0 Å². The van der Waals surface area contributed by atoms with Crippen molar-refractivity contribution in [1.29, 1.82) is 0 Å². The first kappa shape index (κ1) is 16.0. The number of aromatic amines is 1. The van der Waals surface area contributed by atoms with Gasteiger partial charge in [0.15, 0.2) is 5.43 Å². The van der Waals surface area contributed by atoms with E-state index in [0.29, 0.717) is 11.1 Å². The van der Waals surface area contributed by atoms with Gasteiger partial charge in [-0.3, -0.25) is 14.3 Å². The summed E-state index contributed by atoms with van der Waals surface area (Å²) in [6, 6.07) is 6.74. The van der Waals surface area contributed by atoms with Crippen molar-refractivity contribution in [2.24, 2.45) is 7.05 Å². The Morgan fingerprint density at radius 2 is 2.04 bits per heavy atom. The van der Waals surface area contributed by atoms with E-state index in [-0.39, 0.29) is 17.3 Å². The smallest absolute Gasteiger partial charge is 0.231 e. The Balaban J connectivity index is 1.89. The van der Waals surface area contributed by atoms with Crippen LogP contribution in [0, 0.1) is 13.8 Å². The number of benzene rings is 1. The highest BCUT2D eigenvalue weighted by Gasteiger charge is 2.22. The molecule has 3 rings (SSSR count). The molecule has 0 aliphatic rings. The number of carbonyl (C=O) groups excluding carboxylic acids is 1. The van der Waals surface area contributed by atoms with Crippen LogP contribution in [0.2, 0.25) is 0 Å². The molecule has 0 saturated carbocycles. The Bertz CT molecular complexity index is 984. The number of nitrogens with zero attached hydrogens (tertiary/aromatic N) is 2. The number of rotatable bonds is 3. The predicted molar refractivity (Wildman–Crippen MR) is 94.3 cm³/mol. The molecule has 2 N–H and O–H groups in total. The molecule has 0 radical (unpaired) electrons. The summed E-state index contributed by atoms with van der Waals surface area (Å²) in [6.45, 7) is 5.72. The van der Waals surface area contributed by atoms with Gasteiger partial charge < -0.3 is 10.3 Å². The second-order valence-electron chi connectivity index (χ2n) is 6.02. The third-order valence-electron chi connectivity index (χ3n) is 4.42. The van der Waals surface area contributed by atoms with Crippen molar-refractivity contribution in [1.82, 2.24) is 14.8 Å². The first-order chi connectivity index (χ1) is 11.4. The highest BCUT2D eigenvalue weighted by molar-refractivity contribution is 5.97. The highest BCUT2D eigenvalue weighted by Crippen LogP contribution is 2.24. The van der Waals surface area contributed by atoms with Gasteiger partial charge in [0.25, 0.3) is 0 Å². The molecule has 24 heavy (non-hydrogen) atoms. The van der Waals surface area contributed by atoms with E-state index in [4.69, 9.17) is 0 Å². The maximum absolute atomic E-state index is 12.6. The van der Waals surface area contributed by atoms with Gasteiger partial charge in [0, 0.05) is 47.2 Å². The molecule has 6 nitrogen and oxygen atoms in total. The Morgan fingerprint density at radius 3 is 2.71 bits per heavy atom. The van der Waals surface area contributed by atoms with Crippen LogP contribution in [-0.4, -0.2) is 20.7 Å². The van der Waals surface area contributed by atoms with Crippen molar-refractivity contribution in [2.45, 2.75) is 26.7 Å². The number of anilines is 1. The molecular weight excluding hydrogens is 304 g/mol. The van der Waals surface area contributed by atoms with Crippen molar-refractivity contribution in [2.75, 3.05) is 5.32 Å². The van der Waals surface area contributed by atoms with E-state index < -0.39 is 0 Å². The zero-order valence-corrected chi connectivity index (χ0v) is 14.2. The van der Waals surface area contributed by atoms with Gasteiger partial charge in [0.2, 0.25) is 5.91 Å². The summed E-state index contributed by atoms with van der Waals surface area (Å²) in [4.78, 5) is 27.5. The quantitative estimate of drug-likeness (QED) is 0.777. The van der Waals surface area contributed by atoms with Gasteiger partial charge in [-0.05, 0) is 39.0 Å². The molecule has 0 saturated heterocycles. The summed E-state index contributed by atoms with van der Waals surface area (Å²) < 4.78 is 1.78. The fourth-order valence-electron chi connectivity index (χ4n) is 3.05. The molecule has 1 atom stereocenters. The molecule has 2 heterocycles. The van der Waals surface area contributed by atoms with E-state index in [9.17, 15) is 9.59 Å². The van der Waals surface area contributed by atoms with Crippen LogP contribution in [0.4, 0.5) is 5.69 Å². The Labute approximate surface area is 139 Å². The first-order valence-corrected chi connectivity index (χ1v) is 7.81. The number of amides is 1. The van der Waals surface area contributed by atoms with Crippen molar-refractivity contribution in [3.05, 3.63) is 57.6 Å². The molecule has 0 bridgehead atoms. The molecule has 1 amide bonds. The third-order valence-corrected chi connectivity index (χ3v) is 4.42. The van der Waals surface area contributed by atoms with E-state index in [0.717, 1.165) is 22.5 Å². The summed E-state index contributed by atoms with van der Waals surface area (Å²) in [5.41, 5.74) is 4.04. The van der Waals surface area contributed by atoms with Crippen molar-refractivity contribution < 1.29 is 4.79 Å². The van der Waals surface area contributed by atoms with Gasteiger partial charge in [0.05, 0.1) is 11.6 Å². The number of carbonyl (C=O) groups is 1. The summed E-state index contributed by atoms with van der Waals surface area (Å²) in [7, 11) is 1.87. The molecule has 124 valence electrons. The van der Waals surface area contributed by atoms with Crippen LogP contribution in [0.15, 0.2) is 35.3 Å². The molecule has 1 unspecified atom stereocenters. The van der Waals surface area contributed by atoms with Gasteiger partial charge in [0.1, 0.15) is 0 Å². The highest BCUT2D eigenvalue weighted by atomic mass is 16.1. The molecule has 3 aromatic rings. The van der Waals surface area contributed by atoms with E-state index in [1.165, 1.54) is 6.07 Å². The number of hydrogen-bond donors (Lipinski definition) is 2. The minimum Gasteiger partial charge on any atom is -0.361 e. The Hall–Kier alpha value is -2.89. The second-order valence-corrected chi connectivity index (χ2v) is 6.02. The molecule has 0 aliphatic carbocycles. The SMILES string of the molecule is Cc1nn(C)c(C)c1C(C)C(=O)Nc1ccc2[nH]ccc(=O)c2c1. The average molecular weight is 324 g/mol. The molecule has 2 aromatic heterocycles. The number of H-pyrrole nitrogens is 1. The lowest BCUT2D eigenvalue weighted by Gasteiger charge is -2.13. The average Bonchev–Trinajstić information content (AvgIpc) is 2.80. The largest absolute Gasteiger partial charge is 0.361 e. The van der Waals surface area contributed by atoms with E-state index in [1.807, 2.05) is 27.8 Å². The van der Waals surface area contributed by atoms with Gasteiger partial charge in [-0.25, -0.2) is 0 Å². The zero-order valence-electron chi connectivity index (χ0n) is 14.2. The van der Waals surface area contributed by atoms with Crippen LogP contribution in [0.25, 0.3) is 10.9 Å². The second kappa shape index (κ2) is 5.96. The fraction of sp³-hybridized carbons (Fsp3) is 0.278. The number of aryl methyl sites for hydroxylation is 2. The zero-order chi connectivity index (χ0) is 17.4. The van der Waals surface area contributed by atoms with Gasteiger partial charge in [-0.15, -0.1) is 0 Å². The molecule has 6 heteroatoms.